The second-order valence-corrected chi connectivity index (χ2v) is 6.35. The van der Waals surface area contributed by atoms with E-state index in [0.717, 1.165) is 43.5 Å². The van der Waals surface area contributed by atoms with E-state index >= 15 is 0 Å². The third kappa shape index (κ3) is 5.30. The first-order valence-electron chi connectivity index (χ1n) is 8.98. The third-order valence-corrected chi connectivity index (χ3v) is 4.43. The largest absolute Gasteiger partial charge is 0.497 e. The topological polar surface area (TPSA) is 79.8 Å². The molecule has 8 heteroatoms. The van der Waals surface area contributed by atoms with Crippen LogP contribution >= 0.6 is 0 Å². The van der Waals surface area contributed by atoms with Gasteiger partial charge in [0.1, 0.15) is 18.1 Å². The van der Waals surface area contributed by atoms with E-state index in [9.17, 15) is 4.79 Å². The van der Waals surface area contributed by atoms with E-state index in [1.54, 1.807) is 13.2 Å². The maximum Gasteiger partial charge on any atom is 0.271 e. The molecule has 0 spiro atoms. The minimum Gasteiger partial charge on any atom is -0.497 e. The Morgan fingerprint density at radius 1 is 1.04 bits per heavy atom. The van der Waals surface area contributed by atoms with Gasteiger partial charge in [0, 0.05) is 26.2 Å². The molecule has 2 aromatic rings. The Kier molecular flexibility index (Phi) is 6.43. The zero-order valence-electron chi connectivity index (χ0n) is 15.7. The molecule has 0 unspecified atom stereocenters. The molecular weight excluding hydrogens is 346 g/mol. The molecule has 1 N–H and O–H groups in total. The van der Waals surface area contributed by atoms with Crippen molar-refractivity contribution >= 4 is 11.7 Å². The standard InChI is InChI=1S/C19H25N5O3/c1-23-10-12-24(13-11-23)18-8-7-17(21-22-18)19(25)20-9-14-27-16-5-3-15(26-2)4-6-16/h3-8H,9-14H2,1-2H3,(H,20,25). The summed E-state index contributed by atoms with van der Waals surface area (Å²) in [7, 11) is 3.72. The summed E-state index contributed by atoms with van der Waals surface area (Å²) in [5.41, 5.74) is 0.303. The molecule has 1 amide bonds. The number of piperazine rings is 1. The molecule has 0 atom stereocenters. The fourth-order valence-corrected chi connectivity index (χ4v) is 2.75. The summed E-state index contributed by atoms with van der Waals surface area (Å²) in [5, 5.41) is 11.0. The minimum atomic E-state index is -0.259. The molecule has 1 aliphatic rings. The Morgan fingerprint density at radius 3 is 2.37 bits per heavy atom. The highest BCUT2D eigenvalue weighted by Gasteiger charge is 2.16. The lowest BCUT2D eigenvalue weighted by molar-refractivity contribution is 0.0941. The van der Waals surface area contributed by atoms with Crippen molar-refractivity contribution in [1.29, 1.82) is 0 Å². The number of nitrogens with one attached hydrogen (secondary N) is 1. The molecular formula is C19H25N5O3. The summed E-state index contributed by atoms with van der Waals surface area (Å²) in [5.74, 6) is 2.05. The number of hydrogen-bond acceptors (Lipinski definition) is 7. The number of rotatable bonds is 7. The summed E-state index contributed by atoms with van der Waals surface area (Å²) in [6, 6.07) is 10.9. The van der Waals surface area contributed by atoms with Gasteiger partial charge in [0.25, 0.3) is 5.91 Å². The first-order valence-corrected chi connectivity index (χ1v) is 8.98. The molecule has 1 aliphatic heterocycles. The summed E-state index contributed by atoms with van der Waals surface area (Å²) >= 11 is 0. The van der Waals surface area contributed by atoms with Gasteiger partial charge in [-0.2, -0.15) is 0 Å². The van der Waals surface area contributed by atoms with Crippen molar-refractivity contribution in [3.8, 4) is 11.5 Å². The fourth-order valence-electron chi connectivity index (χ4n) is 2.75. The van der Waals surface area contributed by atoms with Crippen molar-refractivity contribution in [2.24, 2.45) is 0 Å². The van der Waals surface area contributed by atoms with E-state index in [-0.39, 0.29) is 5.91 Å². The molecule has 1 aromatic carbocycles. The van der Waals surface area contributed by atoms with Crippen LogP contribution in [0.1, 0.15) is 10.5 Å². The summed E-state index contributed by atoms with van der Waals surface area (Å²) in [4.78, 5) is 16.6. The Bertz CT molecular complexity index is 728. The maximum absolute atomic E-state index is 12.2. The zero-order chi connectivity index (χ0) is 19.1. The van der Waals surface area contributed by atoms with Crippen molar-refractivity contribution in [2.75, 3.05) is 58.4 Å². The van der Waals surface area contributed by atoms with Gasteiger partial charge < -0.3 is 24.6 Å². The summed E-state index contributed by atoms with van der Waals surface area (Å²) < 4.78 is 10.7. The molecule has 1 saturated heterocycles. The highest BCUT2D eigenvalue weighted by molar-refractivity contribution is 5.92. The number of hydrogen-bond donors (Lipinski definition) is 1. The summed E-state index contributed by atoms with van der Waals surface area (Å²) in [6.07, 6.45) is 0. The Morgan fingerprint density at radius 2 is 1.74 bits per heavy atom. The number of carbonyl (C=O) groups is 1. The van der Waals surface area contributed by atoms with Gasteiger partial charge >= 0.3 is 0 Å². The van der Waals surface area contributed by atoms with Gasteiger partial charge in [0.2, 0.25) is 0 Å². The van der Waals surface area contributed by atoms with Crippen LogP contribution in [0.15, 0.2) is 36.4 Å². The van der Waals surface area contributed by atoms with Crippen LogP contribution in [0.3, 0.4) is 0 Å². The van der Waals surface area contributed by atoms with E-state index < -0.39 is 0 Å². The molecule has 3 rings (SSSR count). The monoisotopic (exact) mass is 371 g/mol. The molecule has 1 fully saturated rings. The van der Waals surface area contributed by atoms with Crippen LogP contribution in [0.25, 0.3) is 0 Å². The molecule has 144 valence electrons. The predicted octanol–water partition coefficient (Wildman–Crippen LogP) is 1.05. The van der Waals surface area contributed by atoms with Gasteiger partial charge in [-0.1, -0.05) is 0 Å². The van der Waals surface area contributed by atoms with Gasteiger partial charge in [0.15, 0.2) is 11.5 Å². The lowest BCUT2D eigenvalue weighted by Crippen LogP contribution is -2.44. The SMILES string of the molecule is COc1ccc(OCCNC(=O)c2ccc(N3CCN(C)CC3)nn2)cc1. The van der Waals surface area contributed by atoms with Gasteiger partial charge in [-0.05, 0) is 43.4 Å². The van der Waals surface area contributed by atoms with Crippen LogP contribution in [-0.4, -0.2) is 74.5 Å². The van der Waals surface area contributed by atoms with Crippen LogP contribution in [0.2, 0.25) is 0 Å². The van der Waals surface area contributed by atoms with Crippen LogP contribution < -0.4 is 19.7 Å². The smallest absolute Gasteiger partial charge is 0.271 e. The lowest BCUT2D eigenvalue weighted by atomic mass is 10.3. The van der Waals surface area contributed by atoms with E-state index in [1.807, 2.05) is 30.3 Å². The number of amides is 1. The van der Waals surface area contributed by atoms with Crippen molar-refractivity contribution < 1.29 is 14.3 Å². The molecule has 0 aliphatic carbocycles. The van der Waals surface area contributed by atoms with E-state index in [1.165, 1.54) is 0 Å². The predicted molar refractivity (Wildman–Crippen MR) is 103 cm³/mol. The highest BCUT2D eigenvalue weighted by atomic mass is 16.5. The Hall–Kier alpha value is -2.87. The van der Waals surface area contributed by atoms with Crippen molar-refractivity contribution in [1.82, 2.24) is 20.4 Å². The quantitative estimate of drug-likeness (QED) is 0.729. The van der Waals surface area contributed by atoms with Crippen LogP contribution in [0.5, 0.6) is 11.5 Å². The second kappa shape index (κ2) is 9.18. The van der Waals surface area contributed by atoms with Crippen LogP contribution in [-0.2, 0) is 0 Å². The highest BCUT2D eigenvalue weighted by Crippen LogP contribution is 2.16. The zero-order valence-corrected chi connectivity index (χ0v) is 15.7. The van der Waals surface area contributed by atoms with E-state index in [0.29, 0.717) is 18.8 Å². The first kappa shape index (κ1) is 18.9. The van der Waals surface area contributed by atoms with Crippen LogP contribution in [0, 0.1) is 0 Å². The number of methoxy groups -OCH3 is 1. The molecule has 2 heterocycles. The number of likely N-dealkylation sites (N-methyl/N-ethyl adjacent to an activating group) is 1. The fraction of sp³-hybridized carbons (Fsp3) is 0.421. The normalized spacial score (nSPS) is 14.7. The number of aromatic nitrogens is 2. The second-order valence-electron chi connectivity index (χ2n) is 6.35. The number of benzene rings is 1. The lowest BCUT2D eigenvalue weighted by Gasteiger charge is -2.32. The minimum absolute atomic E-state index is 0.259. The Balaban J connectivity index is 1.42. The number of carbonyl (C=O) groups excluding carboxylic acids is 1. The van der Waals surface area contributed by atoms with Crippen molar-refractivity contribution in [3.63, 3.8) is 0 Å². The van der Waals surface area contributed by atoms with Gasteiger partial charge in [-0.15, -0.1) is 10.2 Å². The van der Waals surface area contributed by atoms with E-state index in [4.69, 9.17) is 9.47 Å². The molecule has 0 bridgehead atoms. The number of anilines is 1. The molecule has 27 heavy (non-hydrogen) atoms. The van der Waals surface area contributed by atoms with Crippen molar-refractivity contribution in [2.45, 2.75) is 0 Å². The third-order valence-electron chi connectivity index (χ3n) is 4.43. The van der Waals surface area contributed by atoms with Crippen molar-refractivity contribution in [3.05, 3.63) is 42.1 Å². The molecule has 1 aromatic heterocycles. The number of nitrogens with zero attached hydrogens (tertiary/aromatic N) is 4. The first-order chi connectivity index (χ1) is 13.2. The molecule has 0 saturated carbocycles. The number of ether oxygens (including phenoxy) is 2. The molecule has 0 radical (unpaired) electrons. The van der Waals surface area contributed by atoms with Crippen LogP contribution in [0.4, 0.5) is 5.82 Å². The summed E-state index contributed by atoms with van der Waals surface area (Å²) in [6.45, 7) is 4.58. The van der Waals surface area contributed by atoms with E-state index in [2.05, 4.69) is 32.4 Å². The molecule has 8 nitrogen and oxygen atoms in total. The van der Waals surface area contributed by atoms with Gasteiger partial charge in [0.05, 0.1) is 13.7 Å². The van der Waals surface area contributed by atoms with Gasteiger partial charge in [-0.3, -0.25) is 4.79 Å². The maximum atomic E-state index is 12.2. The van der Waals surface area contributed by atoms with Gasteiger partial charge in [-0.25, -0.2) is 0 Å². The average molecular weight is 371 g/mol. The average Bonchev–Trinajstić information content (AvgIpc) is 2.72. The Labute approximate surface area is 159 Å².